The molecule has 0 spiro atoms. The van der Waals surface area contributed by atoms with E-state index in [1.807, 2.05) is 24.4 Å². The first kappa shape index (κ1) is 12.7. The molecule has 0 saturated carbocycles. The first-order valence-electron chi connectivity index (χ1n) is 5.08. The third kappa shape index (κ3) is 2.74. The summed E-state index contributed by atoms with van der Waals surface area (Å²) in [7, 11) is 0. The molecule has 5 heteroatoms. The largest absolute Gasteiger partial charge is 0.271 e. The van der Waals surface area contributed by atoms with Crippen molar-refractivity contribution in [3.63, 3.8) is 0 Å². The number of nitrogens with one attached hydrogen (secondary N) is 1. The summed E-state index contributed by atoms with van der Waals surface area (Å²) >= 11 is 4.94. The normalized spacial score (nSPS) is 12.7. The molecule has 0 fully saturated rings. The van der Waals surface area contributed by atoms with Gasteiger partial charge in [-0.2, -0.15) is 0 Å². The molecule has 2 rings (SSSR count). The lowest BCUT2D eigenvalue weighted by Gasteiger charge is -2.16. The van der Waals surface area contributed by atoms with Gasteiger partial charge in [0.1, 0.15) is 5.82 Å². The highest BCUT2D eigenvalue weighted by molar-refractivity contribution is 9.11. The van der Waals surface area contributed by atoms with Gasteiger partial charge in [-0.3, -0.25) is 5.84 Å². The molecule has 0 aliphatic carbocycles. The van der Waals surface area contributed by atoms with E-state index in [0.29, 0.717) is 5.56 Å². The van der Waals surface area contributed by atoms with Gasteiger partial charge in [-0.05, 0) is 45.9 Å². The Morgan fingerprint density at radius 1 is 1.41 bits per heavy atom. The van der Waals surface area contributed by atoms with Gasteiger partial charge >= 0.3 is 0 Å². The lowest BCUT2D eigenvalue weighted by molar-refractivity contribution is 0.560. The molecule has 1 unspecified atom stereocenters. The van der Waals surface area contributed by atoms with Crippen molar-refractivity contribution in [2.24, 2.45) is 5.84 Å². The van der Waals surface area contributed by atoms with Crippen LogP contribution in [0.1, 0.15) is 22.7 Å². The van der Waals surface area contributed by atoms with Crippen molar-refractivity contribution >= 4 is 27.3 Å². The zero-order valence-electron chi connectivity index (χ0n) is 9.21. The molecule has 1 aromatic heterocycles. The summed E-state index contributed by atoms with van der Waals surface area (Å²) in [5, 5.41) is 1.95. The molecule has 0 radical (unpaired) electrons. The van der Waals surface area contributed by atoms with Crippen LogP contribution < -0.4 is 11.3 Å². The molecular weight excluding hydrogens is 303 g/mol. The highest BCUT2D eigenvalue weighted by Gasteiger charge is 2.17. The monoisotopic (exact) mass is 314 g/mol. The molecule has 0 aliphatic heterocycles. The Labute approximate surface area is 112 Å². The van der Waals surface area contributed by atoms with Gasteiger partial charge in [-0.1, -0.05) is 17.7 Å². The molecule has 90 valence electrons. The van der Waals surface area contributed by atoms with Crippen molar-refractivity contribution < 1.29 is 4.39 Å². The van der Waals surface area contributed by atoms with Crippen LogP contribution in [0.2, 0.25) is 0 Å². The number of hydrogen-bond donors (Lipinski definition) is 2. The number of aryl methyl sites for hydroxylation is 1. The third-order valence-electron chi connectivity index (χ3n) is 2.55. The molecule has 0 aliphatic rings. The SMILES string of the molecule is Cc1ccc(F)c(C(NN)c2csc(Br)c2)c1. The minimum Gasteiger partial charge on any atom is -0.271 e. The van der Waals surface area contributed by atoms with Crippen LogP contribution in [-0.4, -0.2) is 0 Å². The van der Waals surface area contributed by atoms with Gasteiger partial charge in [0, 0.05) is 5.56 Å². The summed E-state index contributed by atoms with van der Waals surface area (Å²) in [5.41, 5.74) is 5.19. The van der Waals surface area contributed by atoms with Crippen LogP contribution in [0.4, 0.5) is 4.39 Å². The molecule has 2 aromatic rings. The van der Waals surface area contributed by atoms with Gasteiger partial charge in [0.2, 0.25) is 0 Å². The highest BCUT2D eigenvalue weighted by Crippen LogP contribution is 2.30. The van der Waals surface area contributed by atoms with E-state index in [2.05, 4.69) is 21.4 Å². The Morgan fingerprint density at radius 2 is 2.18 bits per heavy atom. The second kappa shape index (κ2) is 5.27. The molecule has 0 saturated heterocycles. The summed E-state index contributed by atoms with van der Waals surface area (Å²) in [6.45, 7) is 1.93. The minimum atomic E-state index is -0.322. The van der Waals surface area contributed by atoms with E-state index < -0.39 is 0 Å². The lowest BCUT2D eigenvalue weighted by Crippen LogP contribution is -2.29. The molecule has 2 nitrogen and oxygen atoms in total. The van der Waals surface area contributed by atoms with Gasteiger partial charge < -0.3 is 0 Å². The van der Waals surface area contributed by atoms with Crippen molar-refractivity contribution in [2.75, 3.05) is 0 Å². The van der Waals surface area contributed by atoms with Gasteiger partial charge in [-0.25, -0.2) is 9.82 Å². The fourth-order valence-electron chi connectivity index (χ4n) is 1.72. The number of thiophene rings is 1. The van der Waals surface area contributed by atoms with Crippen molar-refractivity contribution in [3.8, 4) is 0 Å². The van der Waals surface area contributed by atoms with E-state index in [-0.39, 0.29) is 11.9 Å². The van der Waals surface area contributed by atoms with Crippen LogP contribution in [-0.2, 0) is 0 Å². The maximum Gasteiger partial charge on any atom is 0.128 e. The number of hydrogen-bond acceptors (Lipinski definition) is 3. The lowest BCUT2D eigenvalue weighted by atomic mass is 9.99. The molecule has 1 heterocycles. The first-order valence-corrected chi connectivity index (χ1v) is 6.75. The van der Waals surface area contributed by atoms with Crippen LogP contribution >= 0.6 is 27.3 Å². The summed E-state index contributed by atoms with van der Waals surface area (Å²) in [6, 6.07) is 6.65. The van der Waals surface area contributed by atoms with E-state index in [1.165, 1.54) is 6.07 Å². The van der Waals surface area contributed by atoms with Gasteiger partial charge in [0.25, 0.3) is 0 Å². The number of nitrogens with two attached hydrogens (primary N) is 1. The molecule has 3 N–H and O–H groups in total. The maximum absolute atomic E-state index is 13.8. The predicted molar refractivity (Wildman–Crippen MR) is 72.3 cm³/mol. The zero-order valence-corrected chi connectivity index (χ0v) is 11.6. The zero-order chi connectivity index (χ0) is 12.4. The molecule has 17 heavy (non-hydrogen) atoms. The van der Waals surface area contributed by atoms with Gasteiger partial charge in [-0.15, -0.1) is 11.3 Å². The Balaban J connectivity index is 2.45. The Bertz CT molecular complexity index is 527. The molecule has 1 atom stereocenters. The predicted octanol–water partition coefficient (Wildman–Crippen LogP) is 3.51. The van der Waals surface area contributed by atoms with Crippen LogP contribution in [0.3, 0.4) is 0 Å². The van der Waals surface area contributed by atoms with E-state index in [9.17, 15) is 4.39 Å². The average molecular weight is 315 g/mol. The van der Waals surface area contributed by atoms with E-state index in [0.717, 1.165) is 14.9 Å². The Kier molecular flexibility index (Phi) is 3.93. The number of hydrazine groups is 1. The summed E-state index contributed by atoms with van der Waals surface area (Å²) < 4.78 is 14.8. The molecule has 0 amide bonds. The fourth-order valence-corrected chi connectivity index (χ4v) is 2.93. The number of halogens is 2. The summed E-state index contributed by atoms with van der Waals surface area (Å²) in [6.07, 6.45) is 0. The maximum atomic E-state index is 13.8. The van der Waals surface area contributed by atoms with E-state index in [1.54, 1.807) is 17.4 Å². The standard InChI is InChI=1S/C12H12BrFN2S/c1-7-2-3-10(14)9(4-7)12(16-15)8-5-11(13)17-6-8/h2-6,12,16H,15H2,1H3. The second-order valence-electron chi connectivity index (χ2n) is 3.81. The number of benzene rings is 1. The highest BCUT2D eigenvalue weighted by atomic mass is 79.9. The smallest absolute Gasteiger partial charge is 0.128 e. The van der Waals surface area contributed by atoms with Crippen molar-refractivity contribution in [1.29, 1.82) is 0 Å². The summed E-state index contributed by atoms with van der Waals surface area (Å²) in [5.74, 6) is 5.29. The fraction of sp³-hybridized carbons (Fsp3) is 0.167. The number of rotatable bonds is 3. The second-order valence-corrected chi connectivity index (χ2v) is 6.10. The van der Waals surface area contributed by atoms with E-state index >= 15 is 0 Å². The average Bonchev–Trinajstić information content (AvgIpc) is 2.71. The Morgan fingerprint density at radius 3 is 2.76 bits per heavy atom. The topological polar surface area (TPSA) is 38.0 Å². The summed E-state index contributed by atoms with van der Waals surface area (Å²) in [4.78, 5) is 0. The molecule has 0 bridgehead atoms. The van der Waals surface area contributed by atoms with Crippen molar-refractivity contribution in [1.82, 2.24) is 5.43 Å². The minimum absolute atomic E-state index is 0.249. The Hall–Kier alpha value is -0.750. The van der Waals surface area contributed by atoms with Crippen LogP contribution in [0.15, 0.2) is 33.4 Å². The van der Waals surface area contributed by atoms with Crippen LogP contribution in [0.25, 0.3) is 0 Å². The first-order chi connectivity index (χ1) is 8.11. The molecule has 1 aromatic carbocycles. The van der Waals surface area contributed by atoms with Crippen LogP contribution in [0, 0.1) is 12.7 Å². The quantitative estimate of drug-likeness (QED) is 0.672. The van der Waals surface area contributed by atoms with Crippen molar-refractivity contribution in [2.45, 2.75) is 13.0 Å². The van der Waals surface area contributed by atoms with E-state index in [4.69, 9.17) is 5.84 Å². The third-order valence-corrected chi connectivity index (χ3v) is 4.07. The van der Waals surface area contributed by atoms with Crippen molar-refractivity contribution in [3.05, 3.63) is 55.9 Å². The molecular formula is C12H12BrFN2S. The van der Waals surface area contributed by atoms with Gasteiger partial charge in [0.05, 0.1) is 9.83 Å². The van der Waals surface area contributed by atoms with Crippen LogP contribution in [0.5, 0.6) is 0 Å². The van der Waals surface area contributed by atoms with Gasteiger partial charge in [0.15, 0.2) is 0 Å².